The number of rotatable bonds is 5. The zero-order valence-electron chi connectivity index (χ0n) is 19.1. The topological polar surface area (TPSA) is 99.1 Å². The van der Waals surface area contributed by atoms with E-state index in [1.165, 1.54) is 14.2 Å². The Morgan fingerprint density at radius 3 is 2.63 bits per heavy atom. The van der Waals surface area contributed by atoms with Crippen molar-refractivity contribution in [1.29, 1.82) is 0 Å². The molecule has 3 aliphatic rings. The molecule has 0 aromatic heterocycles. The fourth-order valence-corrected chi connectivity index (χ4v) is 4.86. The van der Waals surface area contributed by atoms with Crippen molar-refractivity contribution in [3.63, 3.8) is 0 Å². The van der Waals surface area contributed by atoms with Crippen LogP contribution in [0.1, 0.15) is 45.7 Å². The number of benzene rings is 3. The first-order valence-electron chi connectivity index (χ1n) is 11.1. The third-order valence-electron chi connectivity index (χ3n) is 6.46. The lowest BCUT2D eigenvalue weighted by Crippen LogP contribution is -2.34. The highest BCUT2D eigenvalue weighted by Gasteiger charge is 2.43. The zero-order chi connectivity index (χ0) is 24.1. The highest BCUT2D eigenvalue weighted by atomic mass is 16.7. The Labute approximate surface area is 201 Å². The van der Waals surface area contributed by atoms with Crippen molar-refractivity contribution in [3.05, 3.63) is 76.9 Å². The van der Waals surface area contributed by atoms with Gasteiger partial charge in [-0.3, -0.25) is 0 Å². The zero-order valence-corrected chi connectivity index (χ0v) is 19.1. The van der Waals surface area contributed by atoms with Gasteiger partial charge in [0.2, 0.25) is 13.0 Å². The third kappa shape index (κ3) is 3.30. The van der Waals surface area contributed by atoms with Crippen molar-refractivity contribution < 1.29 is 33.6 Å². The first kappa shape index (κ1) is 21.2. The molecule has 35 heavy (non-hydrogen) atoms. The quantitative estimate of drug-likeness (QED) is 0.582. The Morgan fingerprint density at radius 2 is 1.83 bits per heavy atom. The molecule has 0 bridgehead atoms. The van der Waals surface area contributed by atoms with E-state index in [2.05, 4.69) is 0 Å². The standard InChI is InChI=1S/C26H22N2O7/c1-31-21-10-8-16(23(26(29)30)24(21)32-2)25-28-18(15-5-3-4-6-19(15)35-25)12-17(27-28)14-7-9-20-22(11-14)34-13-33-20/h3-11,18,25H,12-13H2,1-2H3,(H,29,30)/t18-,25+/m1/s1. The Balaban J connectivity index is 1.48. The van der Waals surface area contributed by atoms with Crippen molar-refractivity contribution >= 4 is 11.7 Å². The molecule has 0 saturated carbocycles. The Kier molecular flexibility index (Phi) is 4.91. The summed E-state index contributed by atoms with van der Waals surface area (Å²) in [7, 11) is 2.88. The first-order chi connectivity index (χ1) is 17.1. The molecule has 3 aromatic carbocycles. The van der Waals surface area contributed by atoms with Gasteiger partial charge in [-0.2, -0.15) is 5.10 Å². The second kappa shape index (κ2) is 8.12. The second-order valence-electron chi connectivity index (χ2n) is 8.29. The normalized spacial score (nSPS) is 19.4. The van der Waals surface area contributed by atoms with E-state index in [9.17, 15) is 9.90 Å². The molecule has 6 rings (SSSR count). The van der Waals surface area contributed by atoms with E-state index in [-0.39, 0.29) is 24.1 Å². The number of carbonyl (C=O) groups is 1. The summed E-state index contributed by atoms with van der Waals surface area (Å²) >= 11 is 0. The minimum Gasteiger partial charge on any atom is -0.493 e. The fourth-order valence-electron chi connectivity index (χ4n) is 4.86. The number of methoxy groups -OCH3 is 2. The molecule has 2 atom stereocenters. The van der Waals surface area contributed by atoms with Crippen LogP contribution in [0.4, 0.5) is 0 Å². The maximum atomic E-state index is 12.4. The minimum atomic E-state index is -1.14. The van der Waals surface area contributed by atoms with Crippen LogP contribution in [0.15, 0.2) is 59.7 Å². The smallest absolute Gasteiger partial charge is 0.340 e. The summed E-state index contributed by atoms with van der Waals surface area (Å²) < 4.78 is 28.1. The monoisotopic (exact) mass is 474 g/mol. The minimum absolute atomic E-state index is 0.0262. The second-order valence-corrected chi connectivity index (χ2v) is 8.29. The Hall–Kier alpha value is -4.40. The van der Waals surface area contributed by atoms with Gasteiger partial charge in [0.05, 0.1) is 26.0 Å². The molecular weight excluding hydrogens is 452 g/mol. The number of para-hydroxylation sites is 1. The van der Waals surface area contributed by atoms with Crippen molar-refractivity contribution in [2.75, 3.05) is 21.0 Å². The van der Waals surface area contributed by atoms with Gasteiger partial charge in [0.25, 0.3) is 0 Å². The molecule has 0 amide bonds. The molecule has 3 heterocycles. The molecular formula is C26H22N2O7. The number of hydrazone groups is 1. The maximum absolute atomic E-state index is 12.4. The molecule has 9 heteroatoms. The van der Waals surface area contributed by atoms with E-state index < -0.39 is 12.2 Å². The summed E-state index contributed by atoms with van der Waals surface area (Å²) in [5.41, 5.74) is 3.13. The first-order valence-corrected chi connectivity index (χ1v) is 11.1. The molecule has 0 saturated heterocycles. The number of hydrogen-bond acceptors (Lipinski definition) is 8. The van der Waals surface area contributed by atoms with Crippen molar-refractivity contribution in [2.45, 2.75) is 18.7 Å². The summed E-state index contributed by atoms with van der Waals surface area (Å²) in [5.74, 6) is 1.38. The lowest BCUT2D eigenvalue weighted by Gasteiger charge is -2.38. The van der Waals surface area contributed by atoms with Crippen LogP contribution in [0.2, 0.25) is 0 Å². The van der Waals surface area contributed by atoms with E-state index >= 15 is 0 Å². The van der Waals surface area contributed by atoms with Gasteiger partial charge < -0.3 is 28.8 Å². The molecule has 3 aromatic rings. The lowest BCUT2D eigenvalue weighted by molar-refractivity contribution is -0.0199. The summed E-state index contributed by atoms with van der Waals surface area (Å²) in [5, 5.41) is 16.9. The van der Waals surface area contributed by atoms with E-state index in [0.29, 0.717) is 35.0 Å². The largest absolute Gasteiger partial charge is 0.493 e. The van der Waals surface area contributed by atoms with Gasteiger partial charge in [0.1, 0.15) is 11.3 Å². The highest BCUT2D eigenvalue weighted by molar-refractivity contribution is 6.02. The lowest BCUT2D eigenvalue weighted by atomic mass is 9.95. The maximum Gasteiger partial charge on any atom is 0.340 e. The Bertz CT molecular complexity index is 1370. The summed E-state index contributed by atoms with van der Waals surface area (Å²) in [6.07, 6.45) is -0.168. The predicted molar refractivity (Wildman–Crippen MR) is 125 cm³/mol. The van der Waals surface area contributed by atoms with E-state index in [1.54, 1.807) is 12.1 Å². The third-order valence-corrected chi connectivity index (χ3v) is 6.46. The highest BCUT2D eigenvalue weighted by Crippen LogP contribution is 2.49. The van der Waals surface area contributed by atoms with E-state index in [4.69, 9.17) is 28.8 Å². The number of carboxylic acids is 1. The van der Waals surface area contributed by atoms with Gasteiger partial charge in [-0.25, -0.2) is 9.80 Å². The van der Waals surface area contributed by atoms with Crippen LogP contribution in [-0.2, 0) is 0 Å². The number of aromatic carboxylic acids is 1. The number of nitrogens with zero attached hydrogens (tertiary/aromatic N) is 2. The van der Waals surface area contributed by atoms with Crippen LogP contribution in [0.25, 0.3) is 0 Å². The molecule has 178 valence electrons. The summed E-state index contributed by atoms with van der Waals surface area (Å²) in [4.78, 5) is 12.4. The van der Waals surface area contributed by atoms with Gasteiger partial charge in [-0.15, -0.1) is 0 Å². The van der Waals surface area contributed by atoms with Gasteiger partial charge >= 0.3 is 5.97 Å². The summed E-state index contributed by atoms with van der Waals surface area (Å²) in [6, 6.07) is 16.7. The number of carboxylic acid groups (broad SMARTS) is 1. The molecule has 0 fully saturated rings. The van der Waals surface area contributed by atoms with Crippen LogP contribution >= 0.6 is 0 Å². The van der Waals surface area contributed by atoms with Crippen LogP contribution < -0.4 is 23.7 Å². The van der Waals surface area contributed by atoms with E-state index in [0.717, 1.165) is 16.8 Å². The van der Waals surface area contributed by atoms with Crippen LogP contribution in [-0.4, -0.2) is 42.8 Å². The van der Waals surface area contributed by atoms with Crippen LogP contribution in [0, 0.1) is 0 Å². The van der Waals surface area contributed by atoms with Gasteiger partial charge in [-0.05, 0) is 36.4 Å². The molecule has 1 N–H and O–H groups in total. The van der Waals surface area contributed by atoms with Crippen LogP contribution in [0.5, 0.6) is 28.7 Å². The SMILES string of the molecule is COc1ccc([C@@H]2Oc3ccccc3[C@H]3CC(c4ccc5c(c4)OCO5)=NN32)c(C(=O)O)c1OC. The van der Waals surface area contributed by atoms with Crippen molar-refractivity contribution in [1.82, 2.24) is 5.01 Å². The van der Waals surface area contributed by atoms with Crippen LogP contribution in [0.3, 0.4) is 0 Å². The summed E-state index contributed by atoms with van der Waals surface area (Å²) in [6.45, 7) is 0.195. The van der Waals surface area contributed by atoms with Gasteiger partial charge in [0, 0.05) is 23.1 Å². The molecule has 3 aliphatic heterocycles. The fraction of sp³-hybridized carbons (Fsp3) is 0.231. The van der Waals surface area contributed by atoms with E-state index in [1.807, 2.05) is 47.5 Å². The van der Waals surface area contributed by atoms with Gasteiger partial charge in [0.15, 0.2) is 23.0 Å². The molecule has 0 unspecified atom stereocenters. The number of ether oxygens (including phenoxy) is 5. The predicted octanol–water partition coefficient (Wildman–Crippen LogP) is 4.37. The molecule has 0 spiro atoms. The average molecular weight is 474 g/mol. The van der Waals surface area contributed by atoms with Crippen molar-refractivity contribution in [3.8, 4) is 28.7 Å². The molecule has 0 radical (unpaired) electrons. The molecule has 9 nitrogen and oxygen atoms in total. The van der Waals surface area contributed by atoms with Gasteiger partial charge in [-0.1, -0.05) is 18.2 Å². The molecule has 0 aliphatic carbocycles. The Morgan fingerprint density at radius 1 is 1.00 bits per heavy atom. The number of hydrogen-bond donors (Lipinski definition) is 1. The van der Waals surface area contributed by atoms with Crippen molar-refractivity contribution in [2.24, 2.45) is 5.10 Å². The number of fused-ring (bicyclic) bond motifs is 4. The average Bonchev–Trinajstić information content (AvgIpc) is 3.54.